The number of nitrogens with zero attached hydrogens (tertiary/aromatic N) is 2. The van der Waals surface area contributed by atoms with Gasteiger partial charge in [0.2, 0.25) is 17.6 Å². The van der Waals surface area contributed by atoms with E-state index in [2.05, 4.69) is 36.7 Å². The van der Waals surface area contributed by atoms with E-state index < -0.39 is 0 Å². The number of carbonyl (C=O) groups is 1. The van der Waals surface area contributed by atoms with Gasteiger partial charge in [-0.05, 0) is 51.8 Å². The Bertz CT molecular complexity index is 1060. The van der Waals surface area contributed by atoms with Crippen LogP contribution in [0.3, 0.4) is 0 Å². The van der Waals surface area contributed by atoms with Crippen LogP contribution in [0, 0.1) is 5.82 Å². The third kappa shape index (κ3) is 4.82. The Hall–Kier alpha value is -2.43. The maximum absolute atomic E-state index is 13.4. The van der Waals surface area contributed by atoms with Crippen molar-refractivity contribution in [2.24, 2.45) is 0 Å². The number of methoxy groups -OCH3 is 1. The van der Waals surface area contributed by atoms with Crippen LogP contribution < -0.4 is 15.4 Å². The number of hydrogen-bond donors (Lipinski definition) is 2. The number of nitrogens with one attached hydrogen (secondary N) is 2. The normalized spacial score (nSPS) is 18.8. The number of halogens is 2. The molecule has 0 aliphatic carbocycles. The molecule has 0 saturated carbocycles. The van der Waals surface area contributed by atoms with Crippen molar-refractivity contribution in [2.45, 2.75) is 23.7 Å². The van der Waals surface area contributed by atoms with Crippen LogP contribution in [-0.2, 0) is 10.5 Å². The Morgan fingerprint density at radius 1 is 1.33 bits per heavy atom. The van der Waals surface area contributed by atoms with Gasteiger partial charge in [-0.15, -0.1) is 11.8 Å². The Morgan fingerprint density at radius 3 is 3.00 bits per heavy atom. The number of hydrogen-bond acceptors (Lipinski definition) is 7. The van der Waals surface area contributed by atoms with Gasteiger partial charge in [0.25, 0.3) is 0 Å². The molecule has 1 aliphatic heterocycles. The fourth-order valence-corrected chi connectivity index (χ4v) is 4.34. The fraction of sp³-hybridized carbons (Fsp3) is 0.250. The summed E-state index contributed by atoms with van der Waals surface area (Å²) in [6, 6.07) is 12.0. The Kier molecular flexibility index (Phi) is 6.35. The summed E-state index contributed by atoms with van der Waals surface area (Å²) in [5.74, 6) is 1.54. The molecule has 156 valence electrons. The van der Waals surface area contributed by atoms with Gasteiger partial charge in [-0.1, -0.05) is 17.3 Å². The van der Waals surface area contributed by atoms with Crippen LogP contribution in [0.4, 0.5) is 4.39 Å². The molecular formula is C20H18BrFN4O3S. The van der Waals surface area contributed by atoms with Gasteiger partial charge in [0.05, 0.1) is 17.3 Å². The summed E-state index contributed by atoms with van der Waals surface area (Å²) in [6.45, 7) is 0. The molecule has 1 saturated heterocycles. The number of ether oxygens (including phenoxy) is 1. The van der Waals surface area contributed by atoms with Crippen LogP contribution in [0.5, 0.6) is 5.75 Å². The molecule has 1 aromatic heterocycles. The zero-order valence-electron chi connectivity index (χ0n) is 15.9. The van der Waals surface area contributed by atoms with Crippen molar-refractivity contribution < 1.29 is 18.4 Å². The van der Waals surface area contributed by atoms with Crippen LogP contribution in [0.1, 0.15) is 23.9 Å². The highest BCUT2D eigenvalue weighted by Gasteiger charge is 2.27. The zero-order valence-corrected chi connectivity index (χ0v) is 18.3. The smallest absolute Gasteiger partial charge is 0.237 e. The van der Waals surface area contributed by atoms with E-state index in [0.717, 1.165) is 11.3 Å². The van der Waals surface area contributed by atoms with Crippen LogP contribution in [0.15, 0.2) is 51.5 Å². The first-order chi connectivity index (χ1) is 14.5. The molecule has 1 aliphatic rings. The van der Waals surface area contributed by atoms with Crippen LogP contribution in [0.25, 0.3) is 11.4 Å². The topological polar surface area (TPSA) is 89.3 Å². The Balaban J connectivity index is 1.40. The fourth-order valence-electron chi connectivity index (χ4n) is 3.06. The van der Waals surface area contributed by atoms with Gasteiger partial charge in [0.1, 0.15) is 17.1 Å². The van der Waals surface area contributed by atoms with Gasteiger partial charge in [-0.3, -0.25) is 10.1 Å². The van der Waals surface area contributed by atoms with Crippen molar-refractivity contribution in [2.75, 3.05) is 7.11 Å². The number of amides is 1. The number of aromatic nitrogens is 2. The van der Waals surface area contributed by atoms with Crippen molar-refractivity contribution in [3.05, 3.63) is 64.2 Å². The van der Waals surface area contributed by atoms with E-state index in [4.69, 9.17) is 9.26 Å². The molecule has 1 amide bonds. The lowest BCUT2D eigenvalue weighted by atomic mass is 10.0. The van der Waals surface area contributed by atoms with E-state index >= 15 is 0 Å². The lowest BCUT2D eigenvalue weighted by molar-refractivity contribution is -0.123. The quantitative estimate of drug-likeness (QED) is 0.537. The molecule has 0 bridgehead atoms. The van der Waals surface area contributed by atoms with Crippen molar-refractivity contribution in [1.29, 1.82) is 0 Å². The van der Waals surface area contributed by atoms with E-state index in [1.165, 1.54) is 17.8 Å². The lowest BCUT2D eigenvalue weighted by Gasteiger charge is -2.31. The summed E-state index contributed by atoms with van der Waals surface area (Å²) in [4.78, 5) is 16.5. The summed E-state index contributed by atoms with van der Waals surface area (Å²) < 4.78 is 24.3. The van der Waals surface area contributed by atoms with Gasteiger partial charge in [0.15, 0.2) is 0 Å². The zero-order chi connectivity index (χ0) is 21.1. The van der Waals surface area contributed by atoms with Gasteiger partial charge >= 0.3 is 0 Å². The van der Waals surface area contributed by atoms with Crippen LogP contribution in [-0.4, -0.2) is 28.7 Å². The van der Waals surface area contributed by atoms with E-state index in [1.807, 2.05) is 24.3 Å². The highest BCUT2D eigenvalue weighted by Crippen LogP contribution is 2.28. The number of thioether (sulfide) groups is 1. The largest absolute Gasteiger partial charge is 0.497 e. The Morgan fingerprint density at radius 2 is 2.20 bits per heavy atom. The highest BCUT2D eigenvalue weighted by molar-refractivity contribution is 9.10. The van der Waals surface area contributed by atoms with Crippen molar-refractivity contribution in [1.82, 2.24) is 20.8 Å². The van der Waals surface area contributed by atoms with E-state index in [0.29, 0.717) is 33.9 Å². The molecule has 30 heavy (non-hydrogen) atoms. The molecule has 0 spiro atoms. The minimum atomic E-state index is -0.359. The average Bonchev–Trinajstić information content (AvgIpc) is 3.23. The molecule has 0 radical (unpaired) electrons. The summed E-state index contributed by atoms with van der Waals surface area (Å²) in [5, 5.41) is 10.3. The predicted molar refractivity (Wildman–Crippen MR) is 114 cm³/mol. The first-order valence-electron chi connectivity index (χ1n) is 9.11. The van der Waals surface area contributed by atoms with Gasteiger partial charge < -0.3 is 14.6 Å². The second kappa shape index (κ2) is 9.15. The molecule has 4 rings (SSSR count). The molecular weight excluding hydrogens is 475 g/mol. The molecule has 3 aromatic rings. The SMILES string of the molecule is COc1cccc(C2CC(=O)NC(SCc3nc(-c4ccc(F)c(Br)c4)no3)N2)c1. The average molecular weight is 493 g/mol. The second-order valence-electron chi connectivity index (χ2n) is 6.60. The standard InChI is InChI=1S/C20H18BrFN4O3S/c1-28-13-4-2-3-11(7-13)16-9-17(27)24-20(23-16)30-10-18-25-19(26-29-18)12-5-6-15(22)14(21)8-12/h2-8,16,20,23H,9-10H2,1H3,(H,24,27). The van der Waals surface area contributed by atoms with Gasteiger partial charge in [-0.25, -0.2) is 4.39 Å². The number of benzene rings is 2. The van der Waals surface area contributed by atoms with Gasteiger partial charge in [-0.2, -0.15) is 4.98 Å². The minimum Gasteiger partial charge on any atom is -0.497 e. The van der Waals surface area contributed by atoms with Crippen LogP contribution >= 0.6 is 27.7 Å². The molecule has 10 heteroatoms. The summed E-state index contributed by atoms with van der Waals surface area (Å²) in [5.41, 5.74) is 1.32. The molecule has 2 N–H and O–H groups in total. The first kappa shape index (κ1) is 20.8. The molecule has 2 aromatic carbocycles. The maximum atomic E-state index is 13.4. The third-order valence-electron chi connectivity index (χ3n) is 4.55. The van der Waals surface area contributed by atoms with Crippen molar-refractivity contribution in [3.63, 3.8) is 0 Å². The van der Waals surface area contributed by atoms with Crippen molar-refractivity contribution >= 4 is 33.6 Å². The van der Waals surface area contributed by atoms with Crippen molar-refractivity contribution in [3.8, 4) is 17.1 Å². The molecule has 2 atom stereocenters. The molecule has 2 heterocycles. The molecule has 1 fully saturated rings. The Labute approximate surface area is 184 Å². The summed E-state index contributed by atoms with van der Waals surface area (Å²) in [7, 11) is 1.61. The van der Waals surface area contributed by atoms with Crippen LogP contribution in [0.2, 0.25) is 0 Å². The second-order valence-corrected chi connectivity index (χ2v) is 8.55. The summed E-state index contributed by atoms with van der Waals surface area (Å²) >= 11 is 4.59. The number of carbonyl (C=O) groups excluding carboxylic acids is 1. The third-order valence-corrected chi connectivity index (χ3v) is 6.16. The van der Waals surface area contributed by atoms with E-state index in [1.54, 1.807) is 19.2 Å². The molecule has 2 unspecified atom stereocenters. The monoisotopic (exact) mass is 492 g/mol. The predicted octanol–water partition coefficient (Wildman–Crippen LogP) is 4.01. The minimum absolute atomic E-state index is 0.0403. The lowest BCUT2D eigenvalue weighted by Crippen LogP contribution is -2.50. The molecule has 7 nitrogen and oxygen atoms in total. The van der Waals surface area contributed by atoms with Gasteiger partial charge in [0, 0.05) is 18.0 Å². The number of rotatable bonds is 6. The van der Waals surface area contributed by atoms with E-state index in [-0.39, 0.29) is 23.3 Å². The highest BCUT2D eigenvalue weighted by atomic mass is 79.9. The first-order valence-corrected chi connectivity index (χ1v) is 10.9. The van der Waals surface area contributed by atoms with E-state index in [9.17, 15) is 9.18 Å². The maximum Gasteiger partial charge on any atom is 0.237 e. The summed E-state index contributed by atoms with van der Waals surface area (Å²) in [6.07, 6.45) is 0.342.